The molecule has 5 rings (SSSR count). The third kappa shape index (κ3) is 3.12. The van der Waals surface area contributed by atoms with E-state index in [-0.39, 0.29) is 5.78 Å². The lowest BCUT2D eigenvalue weighted by atomic mass is 10.0. The van der Waals surface area contributed by atoms with Crippen LogP contribution in [0.1, 0.15) is 15.2 Å². The maximum atomic E-state index is 13.1. The van der Waals surface area contributed by atoms with E-state index in [2.05, 4.69) is 11.1 Å². The molecule has 0 radical (unpaired) electrons. The van der Waals surface area contributed by atoms with Crippen molar-refractivity contribution < 1.29 is 4.79 Å². The number of ketones is 1. The fourth-order valence-electron chi connectivity index (χ4n) is 3.30. The van der Waals surface area contributed by atoms with E-state index in [0.717, 1.165) is 31.9 Å². The Morgan fingerprint density at radius 2 is 1.86 bits per heavy atom. The highest BCUT2D eigenvalue weighted by atomic mass is 32.1. The van der Waals surface area contributed by atoms with Crippen LogP contribution in [0.5, 0.6) is 0 Å². The summed E-state index contributed by atoms with van der Waals surface area (Å²) in [5.74, 6) is -0.0776. The Balaban J connectivity index is 1.76. The number of thiophene rings is 2. The zero-order valence-electron chi connectivity index (χ0n) is 15.2. The number of carbonyl (C=O) groups is 1. The normalized spacial score (nSPS) is 11.0. The van der Waals surface area contributed by atoms with Gasteiger partial charge in [0.25, 0.3) is 0 Å². The van der Waals surface area contributed by atoms with Crippen LogP contribution >= 0.6 is 22.7 Å². The quantitative estimate of drug-likeness (QED) is 0.372. The predicted molar refractivity (Wildman–Crippen MR) is 120 cm³/mol. The topological polar surface area (TPSA) is 68.9 Å². The molecular weight excluding hydrogens is 398 g/mol. The minimum Gasteiger partial charge on any atom is -0.397 e. The van der Waals surface area contributed by atoms with Gasteiger partial charge in [-0.25, -0.2) is 4.98 Å². The number of nitrogen functional groups attached to an aromatic ring is 1. The van der Waals surface area contributed by atoms with E-state index < -0.39 is 0 Å². The largest absolute Gasteiger partial charge is 0.397 e. The van der Waals surface area contributed by atoms with Gasteiger partial charge in [-0.15, -0.1) is 22.7 Å². The molecule has 1 aromatic carbocycles. The first kappa shape index (κ1) is 17.7. The Labute approximate surface area is 175 Å². The second-order valence-electron chi connectivity index (χ2n) is 6.49. The van der Waals surface area contributed by atoms with E-state index in [0.29, 0.717) is 16.1 Å². The maximum Gasteiger partial charge on any atom is 0.205 e. The number of nitrogens with two attached hydrogens (primary N) is 1. The van der Waals surface area contributed by atoms with Crippen LogP contribution in [0.2, 0.25) is 0 Å². The Hall–Kier alpha value is -3.35. The van der Waals surface area contributed by atoms with Crippen LogP contribution in [0.25, 0.3) is 31.9 Å². The smallest absolute Gasteiger partial charge is 0.205 e. The van der Waals surface area contributed by atoms with E-state index in [1.165, 1.54) is 11.3 Å². The second kappa shape index (κ2) is 7.24. The standard InChI is InChI=1S/C23H15N3OS2/c24-20-19-16(18-9-5-11-28-18)12-17(15-8-4-10-25-13-15)26-23(19)29-22(20)21(27)14-6-2-1-3-7-14/h1-13H,24H2. The monoisotopic (exact) mass is 413 g/mol. The van der Waals surface area contributed by atoms with Crippen molar-refractivity contribution in [2.24, 2.45) is 0 Å². The van der Waals surface area contributed by atoms with E-state index in [1.807, 2.05) is 47.8 Å². The molecule has 0 aliphatic heterocycles. The highest BCUT2D eigenvalue weighted by Gasteiger charge is 2.22. The molecule has 6 heteroatoms. The molecule has 2 N–H and O–H groups in total. The van der Waals surface area contributed by atoms with Gasteiger partial charge in [-0.1, -0.05) is 36.4 Å². The molecule has 0 fully saturated rings. The van der Waals surface area contributed by atoms with Crippen LogP contribution in [-0.4, -0.2) is 15.8 Å². The van der Waals surface area contributed by atoms with Gasteiger partial charge < -0.3 is 5.73 Å². The molecule has 0 saturated carbocycles. The van der Waals surface area contributed by atoms with Gasteiger partial charge in [-0.05, 0) is 29.6 Å². The van der Waals surface area contributed by atoms with E-state index in [9.17, 15) is 4.79 Å². The number of hydrogen-bond donors (Lipinski definition) is 1. The van der Waals surface area contributed by atoms with E-state index >= 15 is 0 Å². The predicted octanol–water partition coefficient (Wildman–Crippen LogP) is 5.90. The summed E-state index contributed by atoms with van der Waals surface area (Å²) >= 11 is 2.98. The van der Waals surface area contributed by atoms with Crippen LogP contribution in [0.15, 0.2) is 78.4 Å². The van der Waals surface area contributed by atoms with Gasteiger partial charge in [0.1, 0.15) is 9.71 Å². The van der Waals surface area contributed by atoms with Gasteiger partial charge in [-0.3, -0.25) is 9.78 Å². The van der Waals surface area contributed by atoms with Crippen LogP contribution in [0, 0.1) is 0 Å². The van der Waals surface area contributed by atoms with Crippen LogP contribution in [-0.2, 0) is 0 Å². The molecule has 0 spiro atoms. The van der Waals surface area contributed by atoms with E-state index in [1.54, 1.807) is 35.9 Å². The molecule has 0 saturated heterocycles. The number of rotatable bonds is 4. The Morgan fingerprint density at radius 3 is 2.59 bits per heavy atom. The zero-order chi connectivity index (χ0) is 19.8. The molecule has 4 aromatic heterocycles. The molecule has 5 aromatic rings. The third-order valence-corrected chi connectivity index (χ3v) is 6.69. The molecule has 0 bridgehead atoms. The van der Waals surface area contributed by atoms with Gasteiger partial charge in [0.05, 0.1) is 11.4 Å². The molecule has 4 heterocycles. The number of benzene rings is 1. The highest BCUT2D eigenvalue weighted by Crippen LogP contribution is 2.43. The fraction of sp³-hybridized carbons (Fsp3) is 0. The molecule has 4 nitrogen and oxygen atoms in total. The number of hydrogen-bond acceptors (Lipinski definition) is 6. The van der Waals surface area contributed by atoms with Crippen molar-refractivity contribution in [3.8, 4) is 21.7 Å². The molecule has 29 heavy (non-hydrogen) atoms. The molecule has 0 aliphatic carbocycles. The first-order valence-electron chi connectivity index (χ1n) is 8.99. The minimum absolute atomic E-state index is 0.0776. The zero-order valence-corrected chi connectivity index (χ0v) is 16.8. The van der Waals surface area contributed by atoms with Crippen molar-refractivity contribution in [2.75, 3.05) is 5.73 Å². The summed E-state index contributed by atoms with van der Waals surface area (Å²) in [4.78, 5) is 24.5. The fourth-order valence-corrected chi connectivity index (χ4v) is 5.13. The molecular formula is C23H15N3OS2. The van der Waals surface area contributed by atoms with Crippen molar-refractivity contribution in [3.05, 3.63) is 88.9 Å². The second-order valence-corrected chi connectivity index (χ2v) is 8.44. The number of nitrogens with zero attached hydrogens (tertiary/aromatic N) is 2. The summed E-state index contributed by atoms with van der Waals surface area (Å²) in [6.07, 6.45) is 3.53. The lowest BCUT2D eigenvalue weighted by Crippen LogP contribution is -2.01. The first-order valence-corrected chi connectivity index (χ1v) is 10.7. The average molecular weight is 414 g/mol. The lowest BCUT2D eigenvalue weighted by molar-refractivity contribution is 0.104. The summed E-state index contributed by atoms with van der Waals surface area (Å²) < 4.78 is 0. The van der Waals surface area contributed by atoms with Gasteiger partial charge in [0.15, 0.2) is 0 Å². The number of pyridine rings is 2. The van der Waals surface area contributed by atoms with Crippen molar-refractivity contribution in [3.63, 3.8) is 0 Å². The molecule has 0 atom stereocenters. The summed E-state index contributed by atoms with van der Waals surface area (Å²) in [5, 5.41) is 2.87. The van der Waals surface area contributed by atoms with Crippen LogP contribution in [0.4, 0.5) is 5.69 Å². The van der Waals surface area contributed by atoms with E-state index in [4.69, 9.17) is 10.7 Å². The molecule has 0 unspecified atom stereocenters. The highest BCUT2D eigenvalue weighted by molar-refractivity contribution is 7.21. The van der Waals surface area contributed by atoms with Crippen molar-refractivity contribution in [1.29, 1.82) is 0 Å². The number of aromatic nitrogens is 2. The number of fused-ring (bicyclic) bond motifs is 1. The summed E-state index contributed by atoms with van der Waals surface area (Å²) in [6.45, 7) is 0. The van der Waals surface area contributed by atoms with Crippen molar-refractivity contribution in [1.82, 2.24) is 9.97 Å². The average Bonchev–Trinajstić information content (AvgIpc) is 3.42. The Bertz CT molecular complexity index is 1310. The summed E-state index contributed by atoms with van der Waals surface area (Å²) in [5.41, 5.74) is 10.4. The number of anilines is 1. The Kier molecular flexibility index (Phi) is 4.42. The first-order chi connectivity index (χ1) is 14.2. The number of carbonyl (C=O) groups excluding carboxylic acids is 1. The lowest BCUT2D eigenvalue weighted by Gasteiger charge is -2.07. The van der Waals surface area contributed by atoms with Crippen molar-refractivity contribution >= 4 is 44.4 Å². The summed E-state index contributed by atoms with van der Waals surface area (Å²) in [6, 6.07) is 19.2. The molecule has 0 aliphatic rings. The maximum absolute atomic E-state index is 13.1. The Morgan fingerprint density at radius 1 is 1.00 bits per heavy atom. The molecule has 140 valence electrons. The van der Waals surface area contributed by atoms with Crippen LogP contribution < -0.4 is 5.73 Å². The van der Waals surface area contributed by atoms with Crippen molar-refractivity contribution in [2.45, 2.75) is 0 Å². The molecule has 0 amide bonds. The summed E-state index contributed by atoms with van der Waals surface area (Å²) in [7, 11) is 0. The van der Waals surface area contributed by atoms with Gasteiger partial charge in [-0.2, -0.15) is 0 Å². The van der Waals surface area contributed by atoms with Gasteiger partial charge in [0, 0.05) is 39.3 Å². The SMILES string of the molecule is Nc1c(C(=O)c2ccccc2)sc2nc(-c3cccnc3)cc(-c3cccs3)c12. The minimum atomic E-state index is -0.0776. The van der Waals surface area contributed by atoms with Gasteiger partial charge >= 0.3 is 0 Å². The van der Waals surface area contributed by atoms with Crippen LogP contribution in [0.3, 0.4) is 0 Å². The third-order valence-electron chi connectivity index (χ3n) is 4.69. The van der Waals surface area contributed by atoms with Gasteiger partial charge in [0.2, 0.25) is 5.78 Å².